The van der Waals surface area contributed by atoms with E-state index >= 15 is 0 Å². The van der Waals surface area contributed by atoms with Gasteiger partial charge in [0.15, 0.2) is 5.16 Å². The van der Waals surface area contributed by atoms with E-state index in [0.29, 0.717) is 5.69 Å². The van der Waals surface area contributed by atoms with Gasteiger partial charge < -0.3 is 10.8 Å². The zero-order valence-corrected chi connectivity index (χ0v) is 11.2. The summed E-state index contributed by atoms with van der Waals surface area (Å²) in [6, 6.07) is 7.18. The van der Waals surface area contributed by atoms with Gasteiger partial charge in [-0.05, 0) is 11.6 Å². The number of aliphatic carboxylic acids is 1. The molecule has 104 valence electrons. The smallest absolute Gasteiger partial charge is 0.313 e. The lowest BCUT2D eigenvalue weighted by Crippen LogP contribution is -2.18. The third-order valence-electron chi connectivity index (χ3n) is 2.49. The number of nitrogens with zero attached hydrogens (tertiary/aromatic N) is 2. The Bertz CT molecular complexity index is 686. The summed E-state index contributed by atoms with van der Waals surface area (Å²) in [7, 11) is 0. The van der Waals surface area contributed by atoms with Gasteiger partial charge >= 0.3 is 5.97 Å². The van der Waals surface area contributed by atoms with E-state index in [1.807, 2.05) is 12.1 Å². The topological polar surface area (TPSA) is 122 Å². The van der Waals surface area contributed by atoms with Crippen molar-refractivity contribution in [3.8, 4) is 0 Å². The van der Waals surface area contributed by atoms with Crippen LogP contribution in [0.3, 0.4) is 0 Å². The third-order valence-corrected chi connectivity index (χ3v) is 3.34. The van der Waals surface area contributed by atoms with Crippen LogP contribution in [0.2, 0.25) is 0 Å². The molecule has 0 amide bonds. The molecule has 0 spiro atoms. The number of aromatic nitrogens is 3. The van der Waals surface area contributed by atoms with E-state index in [1.54, 1.807) is 12.1 Å². The molecule has 0 saturated carbocycles. The van der Waals surface area contributed by atoms with Gasteiger partial charge in [0.05, 0.1) is 5.75 Å². The van der Waals surface area contributed by atoms with E-state index in [-0.39, 0.29) is 23.0 Å². The lowest BCUT2D eigenvalue weighted by Gasteiger charge is -2.04. The van der Waals surface area contributed by atoms with Crippen molar-refractivity contribution in [3.05, 3.63) is 45.9 Å². The molecule has 2 aromatic rings. The first-order valence-electron chi connectivity index (χ1n) is 5.70. The number of aromatic amines is 1. The van der Waals surface area contributed by atoms with Gasteiger partial charge in [-0.2, -0.15) is 0 Å². The van der Waals surface area contributed by atoms with Crippen LogP contribution in [0, 0.1) is 0 Å². The van der Waals surface area contributed by atoms with Crippen LogP contribution in [0.25, 0.3) is 0 Å². The molecule has 7 nitrogen and oxygen atoms in total. The second-order valence-electron chi connectivity index (χ2n) is 3.96. The predicted molar refractivity (Wildman–Crippen MR) is 74.7 cm³/mol. The van der Waals surface area contributed by atoms with Gasteiger partial charge in [0.1, 0.15) is 5.69 Å². The molecule has 0 atom stereocenters. The van der Waals surface area contributed by atoms with Crippen molar-refractivity contribution in [2.45, 2.75) is 11.6 Å². The molecule has 0 bridgehead atoms. The molecule has 20 heavy (non-hydrogen) atoms. The zero-order valence-electron chi connectivity index (χ0n) is 10.4. The van der Waals surface area contributed by atoms with Gasteiger partial charge in [-0.3, -0.25) is 14.6 Å². The molecule has 1 heterocycles. The minimum absolute atomic E-state index is 0.183. The first kappa shape index (κ1) is 14.1. The summed E-state index contributed by atoms with van der Waals surface area (Å²) in [5.41, 5.74) is 7.02. The summed E-state index contributed by atoms with van der Waals surface area (Å²) in [5.74, 6) is -1.17. The fourth-order valence-corrected chi connectivity index (χ4v) is 2.06. The molecular weight excluding hydrogens is 280 g/mol. The predicted octanol–water partition coefficient (Wildman–Crippen LogP) is 0.515. The third kappa shape index (κ3) is 3.58. The molecule has 0 fully saturated rings. The fourth-order valence-electron chi connectivity index (χ4n) is 1.53. The van der Waals surface area contributed by atoms with Crippen LogP contribution < -0.4 is 11.3 Å². The van der Waals surface area contributed by atoms with E-state index in [1.165, 1.54) is 0 Å². The first-order valence-corrected chi connectivity index (χ1v) is 6.68. The number of thioether (sulfide) groups is 1. The van der Waals surface area contributed by atoms with Crippen LogP contribution in [0.1, 0.15) is 11.3 Å². The van der Waals surface area contributed by atoms with Crippen LogP contribution in [-0.2, 0) is 11.2 Å². The van der Waals surface area contributed by atoms with Crippen LogP contribution in [0.15, 0.2) is 34.2 Å². The van der Waals surface area contributed by atoms with E-state index in [4.69, 9.17) is 10.8 Å². The number of para-hydroxylation sites is 1. The number of rotatable bonds is 5. The number of H-pyrrole nitrogens is 1. The maximum atomic E-state index is 11.8. The average Bonchev–Trinajstić information content (AvgIpc) is 2.41. The quantitative estimate of drug-likeness (QED) is 0.542. The lowest BCUT2D eigenvalue weighted by atomic mass is 10.1. The van der Waals surface area contributed by atoms with E-state index in [2.05, 4.69) is 15.2 Å². The van der Waals surface area contributed by atoms with Crippen LogP contribution in [0.4, 0.5) is 5.69 Å². The van der Waals surface area contributed by atoms with Crippen molar-refractivity contribution in [1.29, 1.82) is 0 Å². The van der Waals surface area contributed by atoms with Crippen LogP contribution >= 0.6 is 11.8 Å². The highest BCUT2D eigenvalue weighted by Crippen LogP contribution is 2.13. The summed E-state index contributed by atoms with van der Waals surface area (Å²) >= 11 is 0.907. The highest BCUT2D eigenvalue weighted by atomic mass is 32.2. The highest BCUT2D eigenvalue weighted by molar-refractivity contribution is 7.99. The maximum absolute atomic E-state index is 11.8. The Morgan fingerprint density at radius 1 is 1.35 bits per heavy atom. The number of benzene rings is 1. The molecule has 0 saturated heterocycles. The van der Waals surface area contributed by atoms with Crippen molar-refractivity contribution in [2.75, 3.05) is 11.5 Å². The molecule has 0 radical (unpaired) electrons. The Morgan fingerprint density at radius 3 is 2.75 bits per heavy atom. The number of carboxylic acids is 1. The molecule has 1 aromatic heterocycles. The summed E-state index contributed by atoms with van der Waals surface area (Å²) in [4.78, 5) is 24.8. The highest BCUT2D eigenvalue weighted by Gasteiger charge is 2.09. The Kier molecular flexibility index (Phi) is 4.36. The van der Waals surface area contributed by atoms with Crippen molar-refractivity contribution >= 4 is 23.4 Å². The van der Waals surface area contributed by atoms with Gasteiger partial charge in [0.25, 0.3) is 5.56 Å². The molecule has 4 N–H and O–H groups in total. The second-order valence-corrected chi connectivity index (χ2v) is 4.93. The average molecular weight is 292 g/mol. The standard InChI is InChI=1S/C12H12N4O3S/c13-8-4-2-1-3-7(8)5-9-11(19)14-12(16-15-9)20-6-10(17)18/h1-4H,5-6,13H2,(H,17,18)(H,14,16,19). The van der Waals surface area contributed by atoms with Gasteiger partial charge in [-0.1, -0.05) is 30.0 Å². The van der Waals surface area contributed by atoms with E-state index in [0.717, 1.165) is 17.3 Å². The first-order chi connectivity index (χ1) is 9.56. The normalized spacial score (nSPS) is 10.4. The van der Waals surface area contributed by atoms with Crippen LogP contribution in [-0.4, -0.2) is 32.0 Å². The number of anilines is 1. The van der Waals surface area contributed by atoms with E-state index in [9.17, 15) is 9.59 Å². The fraction of sp³-hybridized carbons (Fsp3) is 0.167. The molecule has 0 unspecified atom stereocenters. The maximum Gasteiger partial charge on any atom is 0.313 e. The molecule has 1 aromatic carbocycles. The number of nitrogens with one attached hydrogen (secondary N) is 1. The molecule has 0 aliphatic heterocycles. The van der Waals surface area contributed by atoms with Gasteiger partial charge in [0, 0.05) is 12.1 Å². The summed E-state index contributed by atoms with van der Waals surface area (Å²) in [6.45, 7) is 0. The summed E-state index contributed by atoms with van der Waals surface area (Å²) < 4.78 is 0. The number of hydrogen-bond donors (Lipinski definition) is 3. The summed E-state index contributed by atoms with van der Waals surface area (Å²) in [5, 5.41) is 16.4. The van der Waals surface area contributed by atoms with Crippen molar-refractivity contribution in [1.82, 2.24) is 15.2 Å². The van der Waals surface area contributed by atoms with Crippen molar-refractivity contribution in [3.63, 3.8) is 0 Å². The Morgan fingerprint density at radius 2 is 2.10 bits per heavy atom. The van der Waals surface area contributed by atoms with Crippen molar-refractivity contribution < 1.29 is 9.90 Å². The minimum Gasteiger partial charge on any atom is -0.481 e. The minimum atomic E-state index is -0.987. The SMILES string of the molecule is Nc1ccccc1Cc1nnc(SCC(=O)O)[nH]c1=O. The molecule has 8 heteroatoms. The largest absolute Gasteiger partial charge is 0.481 e. The Hall–Kier alpha value is -2.35. The van der Waals surface area contributed by atoms with Gasteiger partial charge in [-0.15, -0.1) is 10.2 Å². The van der Waals surface area contributed by atoms with Gasteiger partial charge in [-0.25, -0.2) is 0 Å². The van der Waals surface area contributed by atoms with Crippen molar-refractivity contribution in [2.24, 2.45) is 0 Å². The summed E-state index contributed by atoms with van der Waals surface area (Å²) in [6.07, 6.45) is 0.277. The molecule has 0 aliphatic rings. The molecule has 2 rings (SSSR count). The lowest BCUT2D eigenvalue weighted by molar-refractivity contribution is -0.133. The van der Waals surface area contributed by atoms with E-state index < -0.39 is 11.5 Å². The molecule has 0 aliphatic carbocycles. The van der Waals surface area contributed by atoms with Crippen LogP contribution in [0.5, 0.6) is 0 Å². The van der Waals surface area contributed by atoms with Gasteiger partial charge in [0.2, 0.25) is 0 Å². The number of hydrogen-bond acceptors (Lipinski definition) is 6. The Labute approximate surface area is 118 Å². The number of nitrogen functional groups attached to an aromatic ring is 1. The number of carbonyl (C=O) groups is 1. The monoisotopic (exact) mass is 292 g/mol. The number of carboxylic acid groups (broad SMARTS) is 1. The number of nitrogens with two attached hydrogens (primary N) is 1. The Balaban J connectivity index is 2.16. The zero-order chi connectivity index (χ0) is 14.5. The molecular formula is C12H12N4O3S. The second kappa shape index (κ2) is 6.20.